The van der Waals surface area contributed by atoms with Crippen LogP contribution in [0.25, 0.3) is 6.08 Å². The van der Waals surface area contributed by atoms with Gasteiger partial charge in [-0.15, -0.1) is 0 Å². The van der Waals surface area contributed by atoms with Gasteiger partial charge in [-0.05, 0) is 59.8 Å². The van der Waals surface area contributed by atoms with E-state index in [1.54, 1.807) is 35.9 Å². The van der Waals surface area contributed by atoms with E-state index < -0.39 is 0 Å². The minimum absolute atomic E-state index is 0.0208. The van der Waals surface area contributed by atoms with Gasteiger partial charge in [0, 0.05) is 22.8 Å². The highest BCUT2D eigenvalue weighted by molar-refractivity contribution is 8.18. The Morgan fingerprint density at radius 3 is 2.26 bits per heavy atom. The minimum atomic E-state index is -0.388. The van der Waals surface area contributed by atoms with Gasteiger partial charge < -0.3 is 4.74 Å². The summed E-state index contributed by atoms with van der Waals surface area (Å²) in [5, 5.41) is -0.373. The number of para-hydroxylation sites is 2. The normalized spacial score (nSPS) is 16.0. The van der Waals surface area contributed by atoms with E-state index in [4.69, 9.17) is 4.74 Å². The number of anilines is 2. The number of methoxy groups -OCH3 is 1. The minimum Gasteiger partial charge on any atom is -0.497 e. The molecule has 2 aliphatic rings. The molecule has 34 heavy (non-hydrogen) atoms. The summed E-state index contributed by atoms with van der Waals surface area (Å²) in [4.78, 5) is 44.0. The molecule has 170 valence electrons. The maximum atomic E-state index is 13.4. The van der Waals surface area contributed by atoms with Gasteiger partial charge in [0.25, 0.3) is 11.1 Å². The fourth-order valence-corrected chi connectivity index (χ4v) is 5.79. The summed E-state index contributed by atoms with van der Waals surface area (Å²) in [7, 11) is 1.57. The lowest BCUT2D eigenvalue weighted by atomic mass is 10.2. The first kappa shape index (κ1) is 22.3. The van der Waals surface area contributed by atoms with E-state index in [1.165, 1.54) is 0 Å². The number of imide groups is 1. The topological polar surface area (TPSA) is 66.9 Å². The maximum absolute atomic E-state index is 13.4. The third-order valence-corrected chi connectivity index (χ3v) is 7.53. The summed E-state index contributed by atoms with van der Waals surface area (Å²) in [5.41, 5.74) is 2.38. The Labute approximate surface area is 205 Å². The Morgan fingerprint density at radius 2 is 1.59 bits per heavy atom. The van der Waals surface area contributed by atoms with Gasteiger partial charge in [-0.2, -0.15) is 0 Å². The summed E-state index contributed by atoms with van der Waals surface area (Å²) in [5.74, 6) is 0.107. The number of fused-ring (bicyclic) bond motifs is 2. The molecule has 1 saturated heterocycles. The molecule has 3 amide bonds. The Kier molecular flexibility index (Phi) is 6.17. The van der Waals surface area contributed by atoms with Crippen molar-refractivity contribution in [2.75, 3.05) is 18.6 Å². The van der Waals surface area contributed by atoms with Crippen molar-refractivity contribution in [3.8, 4) is 5.75 Å². The molecule has 2 aliphatic heterocycles. The van der Waals surface area contributed by atoms with E-state index in [9.17, 15) is 14.4 Å². The van der Waals surface area contributed by atoms with Crippen molar-refractivity contribution in [2.24, 2.45) is 0 Å². The van der Waals surface area contributed by atoms with Crippen LogP contribution in [-0.4, -0.2) is 35.6 Å². The van der Waals surface area contributed by atoms with Crippen LogP contribution in [0.1, 0.15) is 12.0 Å². The molecule has 3 aromatic rings. The molecule has 0 unspecified atom stereocenters. The Morgan fingerprint density at radius 1 is 0.912 bits per heavy atom. The van der Waals surface area contributed by atoms with Crippen LogP contribution in [0.5, 0.6) is 5.75 Å². The fraction of sp³-hybridized carbons (Fsp3) is 0.115. The number of amides is 3. The first-order chi connectivity index (χ1) is 16.5. The van der Waals surface area contributed by atoms with Gasteiger partial charge in [0.2, 0.25) is 5.91 Å². The van der Waals surface area contributed by atoms with Gasteiger partial charge in [-0.25, -0.2) is 0 Å². The van der Waals surface area contributed by atoms with Crippen LogP contribution in [0.3, 0.4) is 0 Å². The van der Waals surface area contributed by atoms with Crippen molar-refractivity contribution in [3.05, 3.63) is 83.3 Å². The molecule has 0 radical (unpaired) electrons. The quantitative estimate of drug-likeness (QED) is 0.414. The van der Waals surface area contributed by atoms with Gasteiger partial charge in [-0.1, -0.05) is 48.2 Å². The van der Waals surface area contributed by atoms with Crippen LogP contribution in [0.4, 0.5) is 16.2 Å². The summed E-state index contributed by atoms with van der Waals surface area (Å²) in [6, 6.07) is 22.7. The first-order valence-electron chi connectivity index (χ1n) is 10.6. The second-order valence-corrected chi connectivity index (χ2v) is 9.70. The molecule has 3 aromatic carbocycles. The summed E-state index contributed by atoms with van der Waals surface area (Å²) >= 11 is 2.50. The Bertz CT molecular complexity index is 1290. The van der Waals surface area contributed by atoms with Gasteiger partial charge in [0.1, 0.15) is 5.75 Å². The molecule has 0 aliphatic carbocycles. The number of rotatable bonds is 5. The number of nitrogens with zero attached hydrogens (tertiary/aromatic N) is 2. The monoisotopic (exact) mass is 488 g/mol. The summed E-state index contributed by atoms with van der Waals surface area (Å²) in [6.45, 7) is 0.0208. The number of carbonyl (C=O) groups excluding carboxylic acids is 3. The van der Waals surface area contributed by atoms with Crippen LogP contribution in [0, 0.1) is 0 Å². The molecule has 0 atom stereocenters. The number of ether oxygens (including phenoxy) is 1. The van der Waals surface area contributed by atoms with Crippen LogP contribution in [-0.2, 0) is 9.59 Å². The first-order valence-corrected chi connectivity index (χ1v) is 12.3. The molecule has 0 saturated carbocycles. The van der Waals surface area contributed by atoms with Crippen LogP contribution in [0.2, 0.25) is 0 Å². The molecule has 8 heteroatoms. The van der Waals surface area contributed by atoms with Gasteiger partial charge in [0.15, 0.2) is 0 Å². The SMILES string of the molecule is COc1cccc(C=C2SC(=O)N(CCC(=O)N3c4ccccc4Sc4ccccc43)C2=O)c1. The lowest BCUT2D eigenvalue weighted by Crippen LogP contribution is -2.35. The van der Waals surface area contributed by atoms with Crippen LogP contribution >= 0.6 is 23.5 Å². The third kappa shape index (κ3) is 4.22. The molecule has 0 N–H and O–H groups in total. The third-order valence-electron chi connectivity index (χ3n) is 5.50. The average molecular weight is 489 g/mol. The molecular formula is C26H20N2O4S2. The van der Waals surface area contributed by atoms with E-state index >= 15 is 0 Å². The average Bonchev–Trinajstić information content (AvgIpc) is 3.12. The van der Waals surface area contributed by atoms with Crippen LogP contribution in [0.15, 0.2) is 87.5 Å². The van der Waals surface area contributed by atoms with E-state index in [1.807, 2.05) is 66.7 Å². The predicted molar refractivity (Wildman–Crippen MR) is 134 cm³/mol. The second-order valence-electron chi connectivity index (χ2n) is 7.63. The van der Waals surface area contributed by atoms with E-state index in [0.29, 0.717) is 10.7 Å². The highest BCUT2D eigenvalue weighted by Gasteiger charge is 2.36. The number of benzene rings is 3. The van der Waals surface area contributed by atoms with Crippen molar-refractivity contribution in [1.82, 2.24) is 4.90 Å². The highest BCUT2D eigenvalue weighted by atomic mass is 32.2. The van der Waals surface area contributed by atoms with Gasteiger partial charge in [-0.3, -0.25) is 24.2 Å². The zero-order valence-corrected chi connectivity index (χ0v) is 19.9. The van der Waals surface area contributed by atoms with E-state index in [-0.39, 0.29) is 30.0 Å². The summed E-state index contributed by atoms with van der Waals surface area (Å²) < 4.78 is 5.22. The number of carbonyl (C=O) groups is 3. The number of thioether (sulfide) groups is 1. The van der Waals surface area contributed by atoms with Crippen molar-refractivity contribution in [3.63, 3.8) is 0 Å². The Balaban J connectivity index is 1.34. The number of hydrogen-bond acceptors (Lipinski definition) is 6. The van der Waals surface area contributed by atoms with Gasteiger partial charge in [0.05, 0.1) is 23.4 Å². The van der Waals surface area contributed by atoms with E-state index in [0.717, 1.165) is 43.4 Å². The lowest BCUT2D eigenvalue weighted by Gasteiger charge is -2.31. The van der Waals surface area contributed by atoms with Crippen molar-refractivity contribution in [1.29, 1.82) is 0 Å². The standard InChI is InChI=1S/C26H20N2O4S2/c1-32-18-8-6-7-17(15-18)16-23-25(30)27(26(31)34-23)14-13-24(29)28-19-9-2-4-11-21(19)33-22-12-5-3-10-20(22)28/h2-12,15-16H,13-14H2,1H3. The van der Waals surface area contributed by atoms with E-state index in [2.05, 4.69) is 0 Å². The predicted octanol–water partition coefficient (Wildman–Crippen LogP) is 5.95. The maximum Gasteiger partial charge on any atom is 0.293 e. The van der Waals surface area contributed by atoms with Crippen LogP contribution < -0.4 is 9.64 Å². The lowest BCUT2D eigenvalue weighted by molar-refractivity contribution is -0.123. The summed E-state index contributed by atoms with van der Waals surface area (Å²) in [6.07, 6.45) is 1.70. The fourth-order valence-electron chi connectivity index (χ4n) is 3.87. The largest absolute Gasteiger partial charge is 0.497 e. The highest BCUT2D eigenvalue weighted by Crippen LogP contribution is 2.48. The molecule has 0 bridgehead atoms. The molecule has 0 aromatic heterocycles. The van der Waals surface area contributed by atoms with Crippen molar-refractivity contribution < 1.29 is 19.1 Å². The zero-order chi connectivity index (χ0) is 23.7. The molecule has 6 nitrogen and oxygen atoms in total. The second kappa shape index (κ2) is 9.40. The Hall–Kier alpha value is -3.49. The van der Waals surface area contributed by atoms with Crippen molar-refractivity contribution in [2.45, 2.75) is 16.2 Å². The smallest absolute Gasteiger partial charge is 0.293 e. The molecule has 1 fully saturated rings. The molecule has 5 rings (SSSR count). The molecule has 2 heterocycles. The number of hydrogen-bond donors (Lipinski definition) is 0. The molecule has 0 spiro atoms. The molecular weight excluding hydrogens is 468 g/mol. The van der Waals surface area contributed by atoms with Gasteiger partial charge >= 0.3 is 0 Å². The zero-order valence-electron chi connectivity index (χ0n) is 18.3. The van der Waals surface area contributed by atoms with Crippen molar-refractivity contribution >= 4 is 58.0 Å².